The third-order valence-corrected chi connectivity index (χ3v) is 12.7. The van der Waals surface area contributed by atoms with Crippen LogP contribution in [0.3, 0.4) is 0 Å². The number of hydrogen-bond acceptors (Lipinski definition) is 6. The van der Waals surface area contributed by atoms with E-state index < -0.39 is 21.5 Å². The van der Waals surface area contributed by atoms with Gasteiger partial charge < -0.3 is 19.1 Å². The average Bonchev–Trinajstić information content (AvgIpc) is 3.32. The van der Waals surface area contributed by atoms with Crippen LogP contribution < -0.4 is 9.46 Å². The van der Waals surface area contributed by atoms with Crippen molar-refractivity contribution < 1.29 is 22.7 Å². The zero-order chi connectivity index (χ0) is 32.4. The molecular weight excluding hydrogens is 602 g/mol. The van der Waals surface area contributed by atoms with Crippen LogP contribution in [0.4, 0.5) is 0 Å². The van der Waals surface area contributed by atoms with Gasteiger partial charge in [-0.15, -0.1) is 0 Å². The number of rotatable bonds is 2. The Morgan fingerprint density at radius 1 is 0.913 bits per heavy atom. The fraction of sp³-hybridized carbons (Fsp3) is 0.543. The van der Waals surface area contributed by atoms with E-state index >= 15 is 0 Å². The predicted octanol–water partition coefficient (Wildman–Crippen LogP) is 4.55. The number of hydrogen-bond donors (Lipinski definition) is 1. The first kappa shape index (κ1) is 31.2. The lowest BCUT2D eigenvalue weighted by atomic mass is 9.56. The van der Waals surface area contributed by atoms with Crippen LogP contribution in [0.2, 0.25) is 0 Å². The van der Waals surface area contributed by atoms with E-state index in [1.807, 2.05) is 42.1 Å². The van der Waals surface area contributed by atoms with E-state index in [0.29, 0.717) is 32.1 Å². The molecule has 4 aliphatic rings. The predicted molar refractivity (Wildman–Crippen MR) is 178 cm³/mol. The lowest BCUT2D eigenvalue weighted by Crippen LogP contribution is -2.54. The van der Waals surface area contributed by atoms with Crippen molar-refractivity contribution in [3.63, 3.8) is 0 Å². The molecule has 2 amide bonds. The third kappa shape index (κ3) is 5.02. The fourth-order valence-electron chi connectivity index (χ4n) is 8.43. The van der Waals surface area contributed by atoms with Crippen LogP contribution in [0.15, 0.2) is 36.4 Å². The minimum atomic E-state index is -4.05. The normalized spacial score (nSPS) is 26.3. The lowest BCUT2D eigenvalue weighted by molar-refractivity contribution is -0.149. The standard InChI is InChI=1S/C35H45N5O5S/c1-37-16-18-38(2)34(42)35-15-14-29(35)28-21-25(45-4)11-13-26(28)32-31(23-8-6-5-7-9-23)27-12-10-24(20-30(27)40(32)22-35)33(41)36-46(43,44)39(3)19-17-37/h10-13,20-21,23,29H,5-9,14-19,22H2,1-4H3,(H,36,41)/t29-,35-/m1/s1. The summed E-state index contributed by atoms with van der Waals surface area (Å²) in [6, 6.07) is 11.9. The maximum absolute atomic E-state index is 14.7. The molecule has 3 heterocycles. The molecule has 2 saturated carbocycles. The van der Waals surface area contributed by atoms with Crippen molar-refractivity contribution in [2.75, 3.05) is 54.4 Å². The summed E-state index contributed by atoms with van der Waals surface area (Å²) in [5, 5.41) is 1.08. The topological polar surface area (TPSA) is 104 Å². The molecule has 2 aliphatic heterocycles. The van der Waals surface area contributed by atoms with Crippen LogP contribution in [0, 0.1) is 5.41 Å². The van der Waals surface area contributed by atoms with Crippen LogP contribution in [0.1, 0.15) is 78.3 Å². The summed E-state index contributed by atoms with van der Waals surface area (Å²) in [7, 11) is 2.92. The molecule has 2 aromatic carbocycles. The van der Waals surface area contributed by atoms with Gasteiger partial charge in [0.2, 0.25) is 5.91 Å². The first-order valence-electron chi connectivity index (χ1n) is 16.6. The van der Waals surface area contributed by atoms with Gasteiger partial charge in [-0.05, 0) is 80.1 Å². The second-order valence-electron chi connectivity index (χ2n) is 13.9. The quantitative estimate of drug-likeness (QED) is 0.438. The summed E-state index contributed by atoms with van der Waals surface area (Å²) in [6.45, 7) is 2.28. The minimum absolute atomic E-state index is 0.0341. The Balaban J connectivity index is 1.49. The molecule has 2 fully saturated rings. The summed E-state index contributed by atoms with van der Waals surface area (Å²) >= 11 is 0. The molecule has 0 unspecified atom stereocenters. The monoisotopic (exact) mass is 647 g/mol. The second-order valence-corrected chi connectivity index (χ2v) is 15.7. The lowest BCUT2D eigenvalue weighted by Gasteiger charge is -2.49. The van der Waals surface area contributed by atoms with E-state index in [4.69, 9.17) is 4.74 Å². The van der Waals surface area contributed by atoms with Crippen molar-refractivity contribution in [3.05, 3.63) is 53.1 Å². The van der Waals surface area contributed by atoms with Gasteiger partial charge in [0.1, 0.15) is 5.75 Å². The molecule has 11 heteroatoms. The van der Waals surface area contributed by atoms with Crippen LogP contribution in [-0.2, 0) is 21.5 Å². The molecule has 4 bridgehead atoms. The van der Waals surface area contributed by atoms with E-state index in [2.05, 4.69) is 21.4 Å². The first-order chi connectivity index (χ1) is 22.0. The molecule has 7 rings (SSSR count). The SMILES string of the molecule is COc1ccc2c(c1)[C@H]1CC[C@@]13Cn1c-2c(C2CCCCC2)c2ccc(cc21)C(=O)NS(=O)(=O)N(C)CCN(C)CCN(C)C3=O. The second kappa shape index (κ2) is 11.7. The van der Waals surface area contributed by atoms with Gasteiger partial charge >= 0.3 is 10.2 Å². The molecule has 246 valence electrons. The number of nitrogens with zero attached hydrogens (tertiary/aromatic N) is 4. The van der Waals surface area contributed by atoms with E-state index in [9.17, 15) is 18.0 Å². The molecule has 3 aromatic rings. The number of aromatic nitrogens is 1. The zero-order valence-corrected chi connectivity index (χ0v) is 28.2. The van der Waals surface area contributed by atoms with Gasteiger partial charge in [0, 0.05) is 74.8 Å². The van der Waals surface area contributed by atoms with Gasteiger partial charge in [-0.3, -0.25) is 9.59 Å². The van der Waals surface area contributed by atoms with Gasteiger partial charge in [-0.2, -0.15) is 12.7 Å². The highest BCUT2D eigenvalue weighted by Crippen LogP contribution is 2.61. The average molecular weight is 648 g/mol. The number of methoxy groups -OCH3 is 1. The highest BCUT2D eigenvalue weighted by molar-refractivity contribution is 7.87. The number of benzene rings is 2. The van der Waals surface area contributed by atoms with Gasteiger partial charge in [0.25, 0.3) is 5.91 Å². The Bertz CT molecular complexity index is 1810. The van der Waals surface area contributed by atoms with Crippen LogP contribution >= 0.6 is 0 Å². The number of carbonyl (C=O) groups excluding carboxylic acids is 2. The molecule has 1 aromatic heterocycles. The number of ether oxygens (including phenoxy) is 1. The van der Waals surface area contributed by atoms with Gasteiger partial charge in [-0.25, -0.2) is 4.72 Å². The smallest absolute Gasteiger partial charge is 0.303 e. The van der Waals surface area contributed by atoms with Crippen LogP contribution in [0.5, 0.6) is 5.75 Å². The van der Waals surface area contributed by atoms with Crippen molar-refractivity contribution in [2.45, 2.75) is 63.3 Å². The van der Waals surface area contributed by atoms with Crippen molar-refractivity contribution in [1.82, 2.24) is 23.4 Å². The molecule has 0 radical (unpaired) electrons. The molecule has 46 heavy (non-hydrogen) atoms. The molecular formula is C35H45N5O5S. The largest absolute Gasteiger partial charge is 0.497 e. The Kier molecular flexibility index (Phi) is 7.92. The van der Waals surface area contributed by atoms with Crippen molar-refractivity contribution in [3.8, 4) is 17.0 Å². The molecule has 2 atom stereocenters. The zero-order valence-electron chi connectivity index (χ0n) is 27.3. The van der Waals surface area contributed by atoms with E-state index in [0.717, 1.165) is 59.2 Å². The van der Waals surface area contributed by atoms with Crippen LogP contribution in [-0.4, -0.2) is 93.3 Å². The van der Waals surface area contributed by atoms with E-state index in [1.54, 1.807) is 13.2 Å². The van der Waals surface area contributed by atoms with Gasteiger partial charge in [-0.1, -0.05) is 25.3 Å². The highest BCUT2D eigenvalue weighted by Gasteiger charge is 2.57. The van der Waals surface area contributed by atoms with Crippen molar-refractivity contribution in [1.29, 1.82) is 0 Å². The summed E-state index contributed by atoms with van der Waals surface area (Å²) in [4.78, 5) is 32.2. The Morgan fingerprint density at radius 3 is 2.39 bits per heavy atom. The maximum atomic E-state index is 14.7. The Labute approximate surface area is 271 Å². The number of carbonyl (C=O) groups is 2. The fourth-order valence-corrected chi connectivity index (χ4v) is 9.26. The van der Waals surface area contributed by atoms with Gasteiger partial charge in [0.05, 0.1) is 18.2 Å². The molecule has 0 saturated heterocycles. The number of nitrogens with one attached hydrogen (secondary N) is 1. The van der Waals surface area contributed by atoms with E-state index in [-0.39, 0.29) is 23.9 Å². The highest BCUT2D eigenvalue weighted by atomic mass is 32.2. The number of fused-ring (bicyclic) bond motifs is 4. The Hall–Kier alpha value is -3.41. The minimum Gasteiger partial charge on any atom is -0.497 e. The maximum Gasteiger partial charge on any atom is 0.303 e. The summed E-state index contributed by atoms with van der Waals surface area (Å²) in [6.07, 6.45) is 7.44. The van der Waals surface area contributed by atoms with Gasteiger partial charge in [0.15, 0.2) is 0 Å². The molecule has 1 N–H and O–H groups in total. The first-order valence-corrected chi connectivity index (χ1v) is 18.0. The third-order valence-electron chi connectivity index (χ3n) is 11.3. The molecule has 10 nitrogen and oxygen atoms in total. The molecule has 2 aliphatic carbocycles. The van der Waals surface area contributed by atoms with Crippen molar-refractivity contribution in [2.24, 2.45) is 5.41 Å². The summed E-state index contributed by atoms with van der Waals surface area (Å²) in [5.41, 5.74) is 5.21. The number of amides is 2. The summed E-state index contributed by atoms with van der Waals surface area (Å²) in [5.74, 6) is 0.650. The molecule has 1 spiro atoms. The Morgan fingerprint density at radius 2 is 1.67 bits per heavy atom. The van der Waals surface area contributed by atoms with E-state index in [1.165, 1.54) is 36.2 Å². The number of likely N-dealkylation sites (N-methyl/N-ethyl adjacent to an activating group) is 3. The summed E-state index contributed by atoms with van der Waals surface area (Å²) < 4.78 is 37.9. The van der Waals surface area contributed by atoms with Crippen LogP contribution in [0.25, 0.3) is 22.2 Å². The van der Waals surface area contributed by atoms with Crippen molar-refractivity contribution >= 4 is 32.9 Å².